The fourth-order valence-corrected chi connectivity index (χ4v) is 2.20. The van der Waals surface area contributed by atoms with Crippen LogP contribution in [0.25, 0.3) is 0 Å². The molecule has 0 aromatic heterocycles. The number of hydrogen-bond acceptors (Lipinski definition) is 2. The number of benzene rings is 2. The van der Waals surface area contributed by atoms with Gasteiger partial charge in [-0.1, -0.05) is 59.7 Å². The van der Waals surface area contributed by atoms with Crippen LogP contribution in [0.15, 0.2) is 48.5 Å². The molecule has 0 bridgehead atoms. The van der Waals surface area contributed by atoms with E-state index in [2.05, 4.69) is 67.7 Å². The largest absolute Gasteiger partial charge is 0.483 e. The zero-order chi connectivity index (χ0) is 17.8. The minimum Gasteiger partial charge on any atom is -0.483 e. The third-order valence-corrected chi connectivity index (χ3v) is 3.60. The van der Waals surface area contributed by atoms with Crippen molar-refractivity contribution in [3.05, 3.63) is 70.8 Å². The SMILES string of the molecule is Cc1ccc(CCCC(=O)NCc2ccc(C)cc2)cc1.O=CO. The van der Waals surface area contributed by atoms with Crippen molar-refractivity contribution in [2.45, 2.75) is 39.7 Å². The predicted molar refractivity (Wildman–Crippen MR) is 95.8 cm³/mol. The van der Waals surface area contributed by atoms with Gasteiger partial charge in [-0.15, -0.1) is 0 Å². The highest BCUT2D eigenvalue weighted by molar-refractivity contribution is 5.75. The maximum absolute atomic E-state index is 11.8. The Hall–Kier alpha value is -2.62. The molecule has 2 rings (SSSR count). The zero-order valence-electron chi connectivity index (χ0n) is 14.3. The summed E-state index contributed by atoms with van der Waals surface area (Å²) >= 11 is 0. The lowest BCUT2D eigenvalue weighted by atomic mass is 10.1. The molecule has 0 aliphatic rings. The summed E-state index contributed by atoms with van der Waals surface area (Å²) < 4.78 is 0. The third kappa shape index (κ3) is 8.13. The Balaban J connectivity index is 0.000000891. The third-order valence-electron chi connectivity index (χ3n) is 3.60. The minimum absolute atomic E-state index is 0.127. The van der Waals surface area contributed by atoms with Crippen molar-refractivity contribution in [1.29, 1.82) is 0 Å². The van der Waals surface area contributed by atoms with Gasteiger partial charge in [0.2, 0.25) is 5.91 Å². The van der Waals surface area contributed by atoms with E-state index in [1.165, 1.54) is 16.7 Å². The van der Waals surface area contributed by atoms with E-state index >= 15 is 0 Å². The number of nitrogens with one attached hydrogen (secondary N) is 1. The lowest BCUT2D eigenvalue weighted by Gasteiger charge is -2.06. The van der Waals surface area contributed by atoms with Crippen LogP contribution in [-0.2, 0) is 22.6 Å². The van der Waals surface area contributed by atoms with Gasteiger partial charge in [0.25, 0.3) is 6.47 Å². The number of hydrogen-bond donors (Lipinski definition) is 2. The molecule has 0 heterocycles. The standard InChI is InChI=1S/C19H23NO.CH2O2/c1-15-6-10-17(11-7-15)4-3-5-19(21)20-14-18-12-8-16(2)9-13-18;2-1-3/h6-13H,3-5,14H2,1-2H3,(H,20,21);1H,(H,2,3). The summed E-state index contributed by atoms with van der Waals surface area (Å²) in [6, 6.07) is 16.8. The van der Waals surface area contributed by atoms with Gasteiger partial charge in [0.15, 0.2) is 0 Å². The molecule has 0 saturated heterocycles. The molecule has 0 aliphatic carbocycles. The molecule has 0 unspecified atom stereocenters. The van der Waals surface area contributed by atoms with E-state index in [9.17, 15) is 4.79 Å². The van der Waals surface area contributed by atoms with Crippen molar-refractivity contribution in [2.24, 2.45) is 0 Å². The van der Waals surface area contributed by atoms with Gasteiger partial charge in [-0.05, 0) is 37.8 Å². The molecule has 0 saturated carbocycles. The van der Waals surface area contributed by atoms with Crippen LogP contribution in [0.5, 0.6) is 0 Å². The van der Waals surface area contributed by atoms with Crippen LogP contribution in [-0.4, -0.2) is 17.5 Å². The molecule has 0 radical (unpaired) electrons. The number of amides is 1. The molecule has 24 heavy (non-hydrogen) atoms. The van der Waals surface area contributed by atoms with Gasteiger partial charge in [-0.3, -0.25) is 9.59 Å². The lowest BCUT2D eigenvalue weighted by Crippen LogP contribution is -2.22. The molecule has 0 aliphatic heterocycles. The quantitative estimate of drug-likeness (QED) is 0.796. The first-order valence-electron chi connectivity index (χ1n) is 8.00. The summed E-state index contributed by atoms with van der Waals surface area (Å²) in [4.78, 5) is 20.2. The van der Waals surface area contributed by atoms with Crippen LogP contribution in [0.2, 0.25) is 0 Å². The van der Waals surface area contributed by atoms with Gasteiger partial charge in [0.05, 0.1) is 0 Å². The van der Waals surface area contributed by atoms with Crippen LogP contribution in [0, 0.1) is 13.8 Å². The molecular formula is C20H25NO3. The van der Waals surface area contributed by atoms with Crippen LogP contribution in [0.3, 0.4) is 0 Å². The molecule has 0 fully saturated rings. The van der Waals surface area contributed by atoms with Gasteiger partial charge in [0, 0.05) is 13.0 Å². The molecule has 2 aromatic rings. The van der Waals surface area contributed by atoms with E-state index in [0.29, 0.717) is 13.0 Å². The molecule has 1 amide bonds. The summed E-state index contributed by atoms with van der Waals surface area (Å²) in [5.74, 6) is 0.127. The Labute approximate surface area is 143 Å². The van der Waals surface area contributed by atoms with E-state index in [1.54, 1.807) is 0 Å². The maximum atomic E-state index is 11.8. The van der Waals surface area contributed by atoms with Gasteiger partial charge < -0.3 is 10.4 Å². The smallest absolute Gasteiger partial charge is 0.290 e. The zero-order valence-corrected chi connectivity index (χ0v) is 14.3. The van der Waals surface area contributed by atoms with Crippen molar-refractivity contribution in [3.63, 3.8) is 0 Å². The predicted octanol–water partition coefficient (Wildman–Crippen LogP) is 3.64. The Morgan fingerprint density at radius 3 is 1.92 bits per heavy atom. The highest BCUT2D eigenvalue weighted by Crippen LogP contribution is 2.07. The van der Waals surface area contributed by atoms with Gasteiger partial charge in [-0.25, -0.2) is 0 Å². The van der Waals surface area contributed by atoms with Crippen LogP contribution in [0.1, 0.15) is 35.1 Å². The number of aryl methyl sites for hydroxylation is 3. The van der Waals surface area contributed by atoms with E-state index in [-0.39, 0.29) is 12.4 Å². The molecule has 4 heteroatoms. The van der Waals surface area contributed by atoms with Crippen molar-refractivity contribution in [2.75, 3.05) is 0 Å². The maximum Gasteiger partial charge on any atom is 0.290 e. The lowest BCUT2D eigenvalue weighted by molar-refractivity contribution is -0.123. The Morgan fingerprint density at radius 1 is 0.958 bits per heavy atom. The van der Waals surface area contributed by atoms with Crippen molar-refractivity contribution in [1.82, 2.24) is 5.32 Å². The summed E-state index contributed by atoms with van der Waals surface area (Å²) in [5.41, 5.74) is 4.96. The second kappa shape index (κ2) is 11.0. The molecule has 0 spiro atoms. The first kappa shape index (κ1) is 19.4. The van der Waals surface area contributed by atoms with Gasteiger partial charge >= 0.3 is 0 Å². The van der Waals surface area contributed by atoms with E-state index in [1.807, 2.05) is 0 Å². The summed E-state index contributed by atoms with van der Waals surface area (Å²) in [5, 5.41) is 9.86. The number of carbonyl (C=O) groups is 2. The Bertz CT molecular complexity index is 618. The molecule has 0 atom stereocenters. The number of rotatable bonds is 6. The summed E-state index contributed by atoms with van der Waals surface area (Å²) in [6.07, 6.45) is 2.43. The van der Waals surface area contributed by atoms with Gasteiger partial charge in [-0.2, -0.15) is 0 Å². The van der Waals surface area contributed by atoms with Gasteiger partial charge in [0.1, 0.15) is 0 Å². The molecule has 4 nitrogen and oxygen atoms in total. The highest BCUT2D eigenvalue weighted by Gasteiger charge is 2.02. The van der Waals surface area contributed by atoms with E-state index in [4.69, 9.17) is 9.90 Å². The highest BCUT2D eigenvalue weighted by atomic mass is 16.3. The molecule has 2 N–H and O–H groups in total. The average Bonchev–Trinajstić information content (AvgIpc) is 2.57. The number of carboxylic acid groups (broad SMARTS) is 1. The van der Waals surface area contributed by atoms with Crippen molar-refractivity contribution in [3.8, 4) is 0 Å². The van der Waals surface area contributed by atoms with Crippen molar-refractivity contribution >= 4 is 12.4 Å². The summed E-state index contributed by atoms with van der Waals surface area (Å²) in [7, 11) is 0. The molecule has 2 aromatic carbocycles. The van der Waals surface area contributed by atoms with Crippen molar-refractivity contribution < 1.29 is 14.7 Å². The second-order valence-electron chi connectivity index (χ2n) is 5.71. The topological polar surface area (TPSA) is 66.4 Å². The number of carbonyl (C=O) groups excluding carboxylic acids is 1. The molecule has 128 valence electrons. The minimum atomic E-state index is -0.250. The average molecular weight is 327 g/mol. The fourth-order valence-electron chi connectivity index (χ4n) is 2.20. The monoisotopic (exact) mass is 327 g/mol. The normalized spacial score (nSPS) is 9.58. The van der Waals surface area contributed by atoms with Crippen LogP contribution in [0.4, 0.5) is 0 Å². The van der Waals surface area contributed by atoms with Crippen LogP contribution < -0.4 is 5.32 Å². The Morgan fingerprint density at radius 2 is 1.42 bits per heavy atom. The first-order valence-corrected chi connectivity index (χ1v) is 8.00. The summed E-state index contributed by atoms with van der Waals surface area (Å²) in [6.45, 7) is 4.51. The Kier molecular flexibility index (Phi) is 8.90. The van der Waals surface area contributed by atoms with Crippen LogP contribution >= 0.6 is 0 Å². The van der Waals surface area contributed by atoms with E-state index < -0.39 is 0 Å². The van der Waals surface area contributed by atoms with E-state index in [0.717, 1.165) is 18.4 Å². The first-order chi connectivity index (χ1) is 11.5. The second-order valence-corrected chi connectivity index (χ2v) is 5.71. The fraction of sp³-hybridized carbons (Fsp3) is 0.300. The molecular weight excluding hydrogens is 302 g/mol.